The van der Waals surface area contributed by atoms with E-state index in [9.17, 15) is 28.6 Å². The molecule has 0 atom stereocenters. The number of non-ortho nitro benzene ring substituents is 2. The second-order valence-electron chi connectivity index (χ2n) is 7.29. The van der Waals surface area contributed by atoms with E-state index in [-0.39, 0.29) is 21.2 Å². The fourth-order valence-electron chi connectivity index (χ4n) is 3.00. The summed E-state index contributed by atoms with van der Waals surface area (Å²) < 4.78 is 26.9. The maximum Gasteiger partial charge on any atom is 0.283 e. The van der Waals surface area contributed by atoms with Gasteiger partial charge >= 0.3 is 0 Å². The van der Waals surface area contributed by atoms with Crippen LogP contribution < -0.4 is 14.4 Å². The average Bonchev–Trinajstić information content (AvgIpc) is 2.79. The molecule has 0 unspecified atom stereocenters. The van der Waals surface area contributed by atoms with Gasteiger partial charge in [-0.3, -0.25) is 20.2 Å². The Morgan fingerprint density at radius 3 is 1.36 bits per heavy atom. The van der Waals surface area contributed by atoms with Crippen LogP contribution in [0.25, 0.3) is 21.5 Å². The van der Waals surface area contributed by atoms with E-state index >= 15 is 0 Å². The molecule has 12 nitrogen and oxygen atoms in total. The second-order valence-corrected chi connectivity index (χ2v) is 10.5. The van der Waals surface area contributed by atoms with E-state index in [0.29, 0.717) is 17.0 Å². The summed E-state index contributed by atoms with van der Waals surface area (Å²) in [6.45, 7) is 0. The number of nitro benzene ring substituents is 2. The van der Waals surface area contributed by atoms with E-state index < -0.39 is 10.1 Å². The molecule has 0 aliphatic rings. The number of benzene rings is 2. The summed E-state index contributed by atoms with van der Waals surface area (Å²) in [5, 5.41) is 33.5. The zero-order valence-electron chi connectivity index (χ0n) is 19.0. The average molecular weight is 647 g/mol. The molecule has 4 rings (SSSR count). The number of aromatic nitrogens is 2. The van der Waals surface area contributed by atoms with E-state index in [1.165, 1.54) is 12.1 Å². The first-order valence-corrected chi connectivity index (χ1v) is 13.1. The lowest BCUT2D eigenvalue weighted by Crippen LogP contribution is -2.26. The van der Waals surface area contributed by atoms with Gasteiger partial charge in [0.2, 0.25) is 0 Å². The molecule has 0 amide bonds. The summed E-state index contributed by atoms with van der Waals surface area (Å²) in [6.07, 6.45) is 7.89. The molecular formula is C21H19Br2N4O8S+. The predicted octanol–water partition coefficient (Wildman–Crippen LogP) is 2.91. The highest BCUT2D eigenvalue weighted by Crippen LogP contribution is 2.31. The third-order valence-corrected chi connectivity index (χ3v) is 6.19. The third-order valence-electron chi connectivity index (χ3n) is 4.56. The van der Waals surface area contributed by atoms with Gasteiger partial charge in [-0.1, -0.05) is 31.9 Å². The maximum absolute atomic E-state index is 10.8. The molecule has 4 aromatic rings. The second kappa shape index (κ2) is 12.2. The lowest BCUT2D eigenvalue weighted by molar-refractivity contribution is -0.670. The lowest BCUT2D eigenvalue weighted by Gasteiger charge is -1.99. The minimum absolute atomic E-state index is 0.129. The third kappa shape index (κ3) is 7.69. The molecule has 2 heterocycles. The summed E-state index contributed by atoms with van der Waals surface area (Å²) in [5.41, 5.74) is 0.258. The lowest BCUT2D eigenvalue weighted by atomic mass is 10.1. The molecule has 0 saturated carbocycles. The highest BCUT2D eigenvalue weighted by Gasteiger charge is 2.17. The van der Waals surface area contributed by atoms with E-state index in [4.69, 9.17) is 5.26 Å². The number of nitro groups is 2. The summed E-state index contributed by atoms with van der Waals surface area (Å²) >= 11 is 6.75. The van der Waals surface area contributed by atoms with Crippen LogP contribution >= 0.6 is 31.9 Å². The van der Waals surface area contributed by atoms with Gasteiger partial charge in [0.1, 0.15) is 24.9 Å². The number of halogens is 2. The molecule has 0 bridgehead atoms. The molecule has 0 fully saturated rings. The number of aryl methyl sites for hydroxylation is 2. The van der Waals surface area contributed by atoms with Gasteiger partial charge in [-0.2, -0.15) is 0 Å². The van der Waals surface area contributed by atoms with Crippen molar-refractivity contribution in [1.29, 1.82) is 0 Å². The fraction of sp³-hybridized carbons (Fsp3) is 0.143. The van der Waals surface area contributed by atoms with Gasteiger partial charge in [-0.15, -0.1) is 0 Å². The molecule has 190 valence electrons. The molecule has 36 heavy (non-hydrogen) atoms. The van der Waals surface area contributed by atoms with Gasteiger partial charge in [-0.25, -0.2) is 17.6 Å². The van der Waals surface area contributed by atoms with Crippen molar-refractivity contribution in [3.63, 3.8) is 0 Å². The number of pyridine rings is 2. The zero-order valence-corrected chi connectivity index (χ0v) is 23.0. The highest BCUT2D eigenvalue weighted by molar-refractivity contribution is 9.11. The van der Waals surface area contributed by atoms with Crippen molar-refractivity contribution in [2.45, 2.75) is 0 Å². The van der Waals surface area contributed by atoms with Gasteiger partial charge in [0.05, 0.1) is 16.1 Å². The van der Waals surface area contributed by atoms with Crippen molar-refractivity contribution in [3.05, 3.63) is 90.4 Å². The van der Waals surface area contributed by atoms with E-state index in [2.05, 4.69) is 36.2 Å². The minimum Gasteiger partial charge on any atom is -0.707 e. The van der Waals surface area contributed by atoms with Crippen molar-refractivity contribution in [1.82, 2.24) is 0 Å². The first-order chi connectivity index (χ1) is 16.7. The van der Waals surface area contributed by atoms with Crippen molar-refractivity contribution in [2.75, 3.05) is 6.26 Å². The van der Waals surface area contributed by atoms with Crippen LogP contribution in [0.5, 0.6) is 0 Å². The zero-order chi connectivity index (χ0) is 27.2. The first kappa shape index (κ1) is 29.1. The summed E-state index contributed by atoms with van der Waals surface area (Å²) in [4.78, 5) is 20.9. The van der Waals surface area contributed by atoms with Crippen molar-refractivity contribution >= 4 is 74.9 Å². The van der Waals surface area contributed by atoms with Crippen LogP contribution in [0, 0.1) is 20.2 Å². The molecule has 0 radical (unpaired) electrons. The van der Waals surface area contributed by atoms with Crippen LogP contribution in [0.2, 0.25) is 0 Å². The quantitative estimate of drug-likeness (QED) is 0.142. The number of hydrogen-bond acceptors (Lipinski definition) is 8. The predicted molar refractivity (Wildman–Crippen MR) is 135 cm³/mol. The molecular weight excluding hydrogens is 628 g/mol. The topological polar surface area (TPSA) is 160 Å². The van der Waals surface area contributed by atoms with Gasteiger partial charge in [0, 0.05) is 44.0 Å². The van der Waals surface area contributed by atoms with Gasteiger partial charge in [0.25, 0.3) is 21.5 Å². The smallest absolute Gasteiger partial charge is 0.283 e. The van der Waals surface area contributed by atoms with Crippen LogP contribution in [-0.4, -0.2) is 24.5 Å². The summed E-state index contributed by atoms with van der Waals surface area (Å²) in [6, 6.07) is 10.1. The van der Waals surface area contributed by atoms with Crippen molar-refractivity contribution in [3.8, 4) is 0 Å². The number of fused-ring (bicyclic) bond motifs is 2. The van der Waals surface area contributed by atoms with Gasteiger partial charge in [-0.05, 0) is 12.1 Å². The molecule has 0 saturated heterocycles. The van der Waals surface area contributed by atoms with Crippen molar-refractivity contribution in [2.24, 2.45) is 14.1 Å². The Balaban J connectivity index is 0.000000208. The fourth-order valence-corrected chi connectivity index (χ4v) is 3.96. The van der Waals surface area contributed by atoms with E-state index in [0.717, 1.165) is 19.7 Å². The molecule has 2 aromatic heterocycles. The van der Waals surface area contributed by atoms with E-state index in [1.807, 2.05) is 38.6 Å². The van der Waals surface area contributed by atoms with Crippen molar-refractivity contribution < 1.29 is 37.0 Å². The first-order valence-electron chi connectivity index (χ1n) is 9.70. The number of rotatable bonds is 3. The van der Waals surface area contributed by atoms with Crippen LogP contribution in [-0.2, 0) is 28.5 Å². The van der Waals surface area contributed by atoms with Crippen LogP contribution in [0.4, 0.5) is 11.4 Å². The Hall–Kier alpha value is -3.11. The normalized spacial score (nSPS) is 10.7. The maximum atomic E-state index is 10.8. The van der Waals surface area contributed by atoms with Crippen LogP contribution in [0.15, 0.2) is 70.1 Å². The highest BCUT2D eigenvalue weighted by atomic mass is 79.9. The Kier molecular flexibility index (Phi) is 9.89. The molecule has 0 aliphatic carbocycles. The Bertz CT molecular complexity index is 1460. The summed E-state index contributed by atoms with van der Waals surface area (Å²) in [5.74, 6) is 0. The number of hydrogen-bond donors (Lipinski definition) is 0. The molecule has 2 aromatic carbocycles. The molecule has 15 heteroatoms. The molecule has 0 aliphatic heterocycles. The summed E-state index contributed by atoms with van der Waals surface area (Å²) in [7, 11) is -0.0428. The Morgan fingerprint density at radius 2 is 1.08 bits per heavy atom. The minimum atomic E-state index is -3.72. The Morgan fingerprint density at radius 1 is 0.750 bits per heavy atom. The largest absolute Gasteiger partial charge is 0.707 e. The SMILES string of the molecule is CS(=O)(=O)O[O-].C[n+]1ccc2c(Br)ccc([N+](=O)[O-])c2c1.C[n+]1ccc2c(Br)ccc([N+](=O)[O-])c2c1. The Labute approximate surface area is 222 Å². The van der Waals surface area contributed by atoms with Crippen LogP contribution in [0.1, 0.15) is 0 Å². The molecule has 0 N–H and O–H groups in total. The van der Waals surface area contributed by atoms with Gasteiger partial charge < -0.3 is 9.59 Å². The van der Waals surface area contributed by atoms with Gasteiger partial charge in [0.15, 0.2) is 24.8 Å². The monoisotopic (exact) mass is 645 g/mol. The molecule has 0 spiro atoms. The van der Waals surface area contributed by atoms with Crippen LogP contribution in [0.3, 0.4) is 0 Å². The van der Waals surface area contributed by atoms with E-state index in [1.54, 1.807) is 33.7 Å². The number of nitrogens with zero attached hydrogens (tertiary/aromatic N) is 4. The standard InChI is InChI=1S/2C10H8BrN2O2.CH4O4S/c2*1-12-5-4-7-8(6-12)10(13(14)15)3-2-9(7)11;1-6(3,4)5-2/h2*2-6H,1H3;2H,1H3/q2*+1;/p-1.